The lowest BCUT2D eigenvalue weighted by molar-refractivity contribution is 0.180. The summed E-state index contributed by atoms with van der Waals surface area (Å²) in [6.07, 6.45) is 3.01. The molecule has 1 aliphatic carbocycles. The number of hydrogen-bond acceptors (Lipinski definition) is 6. The van der Waals surface area contributed by atoms with Crippen molar-refractivity contribution in [2.45, 2.75) is 45.2 Å². The SMILES string of the molecule is Cc1ncc(Nc2nc(N[C@@H](C3CCC3)[C@H](C)NC(=O)O)c(F)cc2C#N)cc1F. The number of nitriles is 1. The maximum absolute atomic E-state index is 14.6. The van der Waals surface area contributed by atoms with Gasteiger partial charge >= 0.3 is 6.09 Å². The fourth-order valence-corrected chi connectivity index (χ4v) is 3.37. The summed E-state index contributed by atoms with van der Waals surface area (Å²) < 4.78 is 28.4. The van der Waals surface area contributed by atoms with Gasteiger partial charge in [0.1, 0.15) is 11.9 Å². The highest BCUT2D eigenvalue weighted by atomic mass is 19.1. The Balaban J connectivity index is 1.90. The van der Waals surface area contributed by atoms with Crippen LogP contribution in [0.4, 0.5) is 30.9 Å². The monoisotopic (exact) mass is 416 g/mol. The molecule has 0 spiro atoms. The molecule has 1 saturated carbocycles. The second-order valence-electron chi connectivity index (χ2n) is 7.34. The van der Waals surface area contributed by atoms with Crippen LogP contribution < -0.4 is 16.0 Å². The molecule has 0 radical (unpaired) electrons. The molecule has 1 aliphatic rings. The lowest BCUT2D eigenvalue weighted by atomic mass is 9.77. The minimum atomic E-state index is -1.17. The molecular weight excluding hydrogens is 394 g/mol. The Hall–Kier alpha value is -3.48. The minimum absolute atomic E-state index is 0.0395. The fraction of sp³-hybridized carbons (Fsp3) is 0.400. The van der Waals surface area contributed by atoms with Gasteiger partial charge in [0.15, 0.2) is 17.5 Å². The third-order valence-corrected chi connectivity index (χ3v) is 5.24. The van der Waals surface area contributed by atoms with Crippen LogP contribution >= 0.6 is 0 Å². The molecule has 1 amide bonds. The van der Waals surface area contributed by atoms with E-state index in [1.54, 1.807) is 6.92 Å². The van der Waals surface area contributed by atoms with Crippen molar-refractivity contribution in [1.29, 1.82) is 5.26 Å². The van der Waals surface area contributed by atoms with Gasteiger partial charge in [-0.3, -0.25) is 4.98 Å². The molecule has 4 N–H and O–H groups in total. The maximum atomic E-state index is 14.6. The highest BCUT2D eigenvalue weighted by Crippen LogP contribution is 2.33. The van der Waals surface area contributed by atoms with Gasteiger partial charge in [0.2, 0.25) is 0 Å². The Kier molecular flexibility index (Phi) is 6.30. The quantitative estimate of drug-likeness (QED) is 0.539. The molecule has 0 aromatic carbocycles. The lowest BCUT2D eigenvalue weighted by Crippen LogP contribution is -2.50. The van der Waals surface area contributed by atoms with E-state index in [4.69, 9.17) is 5.11 Å². The third-order valence-electron chi connectivity index (χ3n) is 5.24. The van der Waals surface area contributed by atoms with E-state index in [0.29, 0.717) is 0 Å². The molecule has 2 aromatic rings. The molecule has 2 aromatic heterocycles. The van der Waals surface area contributed by atoms with Crippen LogP contribution in [0.25, 0.3) is 0 Å². The predicted octanol–water partition coefficient (Wildman–Crippen LogP) is 3.92. The predicted molar refractivity (Wildman–Crippen MR) is 106 cm³/mol. The zero-order chi connectivity index (χ0) is 21.8. The lowest BCUT2D eigenvalue weighted by Gasteiger charge is -2.38. The molecule has 0 aliphatic heterocycles. The second kappa shape index (κ2) is 8.90. The number of carbonyl (C=O) groups is 1. The van der Waals surface area contributed by atoms with Crippen LogP contribution in [0.5, 0.6) is 0 Å². The number of nitrogens with zero attached hydrogens (tertiary/aromatic N) is 3. The van der Waals surface area contributed by atoms with Crippen molar-refractivity contribution in [2.24, 2.45) is 5.92 Å². The number of amides is 1. The standard InChI is InChI=1S/C20H22F2N6O2/c1-10-15(21)7-14(9-24-10)26-18-13(8-23)6-16(22)19(28-18)27-17(12-4-3-5-12)11(2)25-20(29)30/h6-7,9,11-12,17,25H,3-5H2,1-2H3,(H,29,30)(H2,26,27,28)/t11-,17+/m0/s1. The minimum Gasteiger partial charge on any atom is -0.465 e. The highest BCUT2D eigenvalue weighted by Gasteiger charge is 2.33. The molecule has 1 fully saturated rings. The van der Waals surface area contributed by atoms with Crippen molar-refractivity contribution in [2.75, 3.05) is 10.6 Å². The summed E-state index contributed by atoms with van der Waals surface area (Å²) in [5, 5.41) is 26.6. The van der Waals surface area contributed by atoms with Crippen LogP contribution in [0.1, 0.15) is 37.4 Å². The van der Waals surface area contributed by atoms with E-state index in [0.717, 1.165) is 25.3 Å². The number of anilines is 3. The van der Waals surface area contributed by atoms with E-state index in [2.05, 4.69) is 25.9 Å². The molecule has 0 saturated heterocycles. The van der Waals surface area contributed by atoms with Crippen molar-refractivity contribution < 1.29 is 18.7 Å². The van der Waals surface area contributed by atoms with Gasteiger partial charge in [0.25, 0.3) is 0 Å². The van der Waals surface area contributed by atoms with E-state index in [-0.39, 0.29) is 40.5 Å². The van der Waals surface area contributed by atoms with Crippen LogP contribution in [0.3, 0.4) is 0 Å². The largest absolute Gasteiger partial charge is 0.465 e. The summed E-state index contributed by atoms with van der Waals surface area (Å²) >= 11 is 0. The molecule has 2 atom stereocenters. The number of aryl methyl sites for hydroxylation is 1. The summed E-state index contributed by atoms with van der Waals surface area (Å²) in [6.45, 7) is 3.22. The van der Waals surface area contributed by atoms with Gasteiger partial charge in [-0.2, -0.15) is 5.26 Å². The molecule has 10 heteroatoms. The Morgan fingerprint density at radius 2 is 2.03 bits per heavy atom. The number of pyridine rings is 2. The number of rotatable bonds is 7. The zero-order valence-corrected chi connectivity index (χ0v) is 16.5. The van der Waals surface area contributed by atoms with E-state index in [1.165, 1.54) is 19.2 Å². The van der Waals surface area contributed by atoms with E-state index in [9.17, 15) is 18.8 Å². The number of carboxylic acid groups (broad SMARTS) is 1. The molecule has 2 heterocycles. The van der Waals surface area contributed by atoms with Crippen LogP contribution in [-0.4, -0.2) is 33.3 Å². The van der Waals surface area contributed by atoms with Gasteiger partial charge in [-0.1, -0.05) is 6.42 Å². The Morgan fingerprint density at radius 1 is 1.30 bits per heavy atom. The Morgan fingerprint density at radius 3 is 2.60 bits per heavy atom. The van der Waals surface area contributed by atoms with Crippen molar-refractivity contribution in [1.82, 2.24) is 15.3 Å². The Labute approximate surface area is 172 Å². The number of halogens is 2. The van der Waals surface area contributed by atoms with Gasteiger partial charge in [-0.05, 0) is 38.7 Å². The van der Waals surface area contributed by atoms with Gasteiger partial charge in [0, 0.05) is 12.1 Å². The van der Waals surface area contributed by atoms with Crippen molar-refractivity contribution >= 4 is 23.4 Å². The molecule has 0 bridgehead atoms. The smallest absolute Gasteiger partial charge is 0.404 e. The molecule has 30 heavy (non-hydrogen) atoms. The van der Waals surface area contributed by atoms with Crippen molar-refractivity contribution in [3.8, 4) is 6.07 Å². The first-order chi connectivity index (χ1) is 14.3. The average molecular weight is 416 g/mol. The van der Waals surface area contributed by atoms with Gasteiger partial charge < -0.3 is 21.1 Å². The molecule has 3 rings (SSSR count). The topological polar surface area (TPSA) is 123 Å². The zero-order valence-electron chi connectivity index (χ0n) is 16.5. The Bertz CT molecular complexity index is 990. The molecule has 158 valence electrons. The van der Waals surface area contributed by atoms with Crippen LogP contribution in [0.15, 0.2) is 18.3 Å². The normalized spacial score (nSPS) is 15.4. The van der Waals surface area contributed by atoms with Crippen molar-refractivity contribution in [3.63, 3.8) is 0 Å². The molecule has 0 unspecified atom stereocenters. The summed E-state index contributed by atoms with van der Waals surface area (Å²) in [5.41, 5.74) is 0.422. The number of nitrogens with one attached hydrogen (secondary N) is 3. The van der Waals surface area contributed by atoms with Gasteiger partial charge in [-0.15, -0.1) is 0 Å². The van der Waals surface area contributed by atoms with E-state index >= 15 is 0 Å². The summed E-state index contributed by atoms with van der Waals surface area (Å²) in [6, 6.07) is 3.23. The number of aromatic nitrogens is 2. The first-order valence-electron chi connectivity index (χ1n) is 9.54. The van der Waals surface area contributed by atoms with E-state index in [1.807, 2.05) is 6.07 Å². The fourth-order valence-electron chi connectivity index (χ4n) is 3.37. The van der Waals surface area contributed by atoms with Gasteiger partial charge in [-0.25, -0.2) is 18.6 Å². The maximum Gasteiger partial charge on any atom is 0.404 e. The molecular formula is C20H22F2N6O2. The average Bonchev–Trinajstić information content (AvgIpc) is 2.64. The van der Waals surface area contributed by atoms with Gasteiger partial charge in [0.05, 0.1) is 29.2 Å². The highest BCUT2D eigenvalue weighted by molar-refractivity contribution is 5.66. The molecule has 8 nitrogen and oxygen atoms in total. The summed E-state index contributed by atoms with van der Waals surface area (Å²) in [7, 11) is 0. The van der Waals surface area contributed by atoms with Crippen LogP contribution in [0.2, 0.25) is 0 Å². The summed E-state index contributed by atoms with van der Waals surface area (Å²) in [5.74, 6) is -1.18. The second-order valence-corrected chi connectivity index (χ2v) is 7.34. The number of hydrogen-bond donors (Lipinski definition) is 4. The van der Waals surface area contributed by atoms with Crippen molar-refractivity contribution in [3.05, 3.63) is 41.2 Å². The van der Waals surface area contributed by atoms with Crippen LogP contribution in [0, 0.1) is 35.8 Å². The third kappa shape index (κ3) is 4.74. The van der Waals surface area contributed by atoms with E-state index < -0.39 is 23.8 Å². The summed E-state index contributed by atoms with van der Waals surface area (Å²) in [4.78, 5) is 19.1. The first-order valence-corrected chi connectivity index (χ1v) is 9.54. The first kappa shape index (κ1) is 21.2. The van der Waals surface area contributed by atoms with Crippen LogP contribution in [-0.2, 0) is 0 Å².